The van der Waals surface area contributed by atoms with E-state index in [4.69, 9.17) is 5.73 Å². The van der Waals surface area contributed by atoms with E-state index >= 15 is 0 Å². The number of aromatic nitrogens is 2. The number of hydrogen-bond donors (Lipinski definition) is 2. The van der Waals surface area contributed by atoms with Crippen LogP contribution in [-0.4, -0.2) is 42.2 Å². The van der Waals surface area contributed by atoms with E-state index in [1.807, 2.05) is 0 Å². The fourth-order valence-corrected chi connectivity index (χ4v) is 2.64. The van der Waals surface area contributed by atoms with Crippen molar-refractivity contribution in [2.24, 2.45) is 0 Å². The van der Waals surface area contributed by atoms with Crippen molar-refractivity contribution in [3.63, 3.8) is 0 Å². The Bertz CT molecular complexity index is 482. The molecule has 0 aliphatic rings. The van der Waals surface area contributed by atoms with E-state index in [-0.39, 0.29) is 16.7 Å². The largest absolute Gasteiger partial charge is 0.402 e. The van der Waals surface area contributed by atoms with Crippen molar-refractivity contribution in [1.29, 1.82) is 0 Å². The molecule has 0 aliphatic heterocycles. The van der Waals surface area contributed by atoms with Crippen molar-refractivity contribution in [2.75, 3.05) is 18.8 Å². The average Bonchev–Trinajstić information content (AvgIpc) is 2.59. The Balaban J connectivity index is 3.08. The van der Waals surface area contributed by atoms with Crippen LogP contribution in [-0.2, 0) is 10.0 Å². The maximum absolute atomic E-state index is 12.2. The first-order valence-electron chi connectivity index (χ1n) is 4.54. The van der Waals surface area contributed by atoms with Crippen molar-refractivity contribution in [3.8, 4) is 0 Å². The first-order valence-corrected chi connectivity index (χ1v) is 5.98. The van der Waals surface area contributed by atoms with Crippen LogP contribution in [0, 0.1) is 0 Å². The number of nitrogen functional groups attached to an aromatic ring is 1. The van der Waals surface area contributed by atoms with E-state index in [0.717, 1.165) is 6.20 Å². The molecular weight excluding hydrogens is 261 g/mol. The molecule has 3 N–H and O–H groups in total. The Morgan fingerprint density at radius 2 is 2.12 bits per heavy atom. The molecule has 6 nitrogen and oxygen atoms in total. The topological polar surface area (TPSA) is 92.1 Å². The summed E-state index contributed by atoms with van der Waals surface area (Å²) in [6, 6.07) is 0. The number of H-pyrrole nitrogens is 1. The number of hydrogen-bond acceptors (Lipinski definition) is 4. The molecule has 0 saturated carbocycles. The minimum Gasteiger partial charge on any atom is -0.383 e. The summed E-state index contributed by atoms with van der Waals surface area (Å²) in [7, 11) is -4.28. The molecule has 17 heavy (non-hydrogen) atoms. The molecule has 0 atom stereocenters. The number of sulfonamides is 1. The lowest BCUT2D eigenvalue weighted by atomic mass is 10.6. The van der Waals surface area contributed by atoms with Crippen molar-refractivity contribution in [3.05, 3.63) is 6.20 Å². The fraction of sp³-hybridized carbons (Fsp3) is 0.571. The highest BCUT2D eigenvalue weighted by atomic mass is 32.2. The molecule has 0 aliphatic carbocycles. The predicted octanol–water partition coefficient (Wildman–Crippen LogP) is 0.565. The Morgan fingerprint density at radius 3 is 2.47 bits per heavy atom. The van der Waals surface area contributed by atoms with Gasteiger partial charge in [-0.15, -0.1) is 0 Å². The van der Waals surface area contributed by atoms with E-state index in [9.17, 15) is 21.6 Å². The van der Waals surface area contributed by atoms with Gasteiger partial charge >= 0.3 is 6.18 Å². The third kappa shape index (κ3) is 3.09. The second-order valence-electron chi connectivity index (χ2n) is 3.19. The van der Waals surface area contributed by atoms with Crippen LogP contribution in [0.1, 0.15) is 6.92 Å². The number of aromatic amines is 1. The minimum atomic E-state index is -4.61. The molecule has 0 amide bonds. The lowest BCUT2D eigenvalue weighted by Gasteiger charge is -2.21. The number of alkyl halides is 3. The number of nitrogens with two attached hydrogens (primary N) is 1. The van der Waals surface area contributed by atoms with Gasteiger partial charge in [0.1, 0.15) is 17.3 Å². The van der Waals surface area contributed by atoms with Crippen LogP contribution in [0.2, 0.25) is 0 Å². The van der Waals surface area contributed by atoms with E-state index in [1.54, 1.807) is 0 Å². The zero-order valence-corrected chi connectivity index (χ0v) is 9.64. The average molecular weight is 272 g/mol. The maximum atomic E-state index is 12.2. The zero-order valence-electron chi connectivity index (χ0n) is 8.82. The normalized spacial score (nSPS) is 13.2. The van der Waals surface area contributed by atoms with Gasteiger partial charge in [-0.1, -0.05) is 6.92 Å². The first-order chi connectivity index (χ1) is 7.68. The molecule has 1 heterocycles. The summed E-state index contributed by atoms with van der Waals surface area (Å²) >= 11 is 0. The highest BCUT2D eigenvalue weighted by Crippen LogP contribution is 2.24. The Morgan fingerprint density at radius 1 is 1.53 bits per heavy atom. The Kier molecular flexibility index (Phi) is 3.67. The molecule has 1 aromatic heterocycles. The molecule has 98 valence electrons. The standard InChI is InChI=1S/C7H11F3N4O2S/c1-2-14(4-7(8,9)10)17(15,16)5-3-12-13-6(5)11/h3H,2,4H2,1H3,(H3,11,12,13). The van der Waals surface area contributed by atoms with E-state index in [0.29, 0.717) is 0 Å². The van der Waals surface area contributed by atoms with Crippen LogP contribution < -0.4 is 5.73 Å². The van der Waals surface area contributed by atoms with Gasteiger partial charge in [-0.2, -0.15) is 22.6 Å². The number of anilines is 1. The summed E-state index contributed by atoms with van der Waals surface area (Å²) in [6.07, 6.45) is -3.73. The van der Waals surface area contributed by atoms with Crippen molar-refractivity contribution in [2.45, 2.75) is 18.0 Å². The summed E-state index contributed by atoms with van der Waals surface area (Å²) < 4.78 is 60.5. The quantitative estimate of drug-likeness (QED) is 0.838. The van der Waals surface area contributed by atoms with Gasteiger partial charge in [0.15, 0.2) is 0 Å². The Hall–Kier alpha value is -1.29. The van der Waals surface area contributed by atoms with Gasteiger partial charge in [-0.05, 0) is 0 Å². The monoisotopic (exact) mass is 272 g/mol. The molecular formula is C7H11F3N4O2S. The third-order valence-electron chi connectivity index (χ3n) is 1.96. The third-order valence-corrected chi connectivity index (χ3v) is 3.91. The molecule has 0 saturated heterocycles. The molecule has 1 rings (SSSR count). The van der Waals surface area contributed by atoms with Crippen molar-refractivity contribution >= 4 is 15.8 Å². The van der Waals surface area contributed by atoms with Gasteiger partial charge in [0, 0.05) is 6.54 Å². The second-order valence-corrected chi connectivity index (χ2v) is 5.10. The van der Waals surface area contributed by atoms with Gasteiger partial charge in [0.25, 0.3) is 0 Å². The zero-order chi connectivity index (χ0) is 13.3. The van der Waals surface area contributed by atoms with Gasteiger partial charge < -0.3 is 5.73 Å². The highest BCUT2D eigenvalue weighted by molar-refractivity contribution is 7.89. The molecule has 0 unspecified atom stereocenters. The smallest absolute Gasteiger partial charge is 0.383 e. The van der Waals surface area contributed by atoms with Crippen LogP contribution >= 0.6 is 0 Å². The molecule has 10 heteroatoms. The van der Waals surface area contributed by atoms with Crippen LogP contribution in [0.3, 0.4) is 0 Å². The minimum absolute atomic E-state index is 0.286. The van der Waals surface area contributed by atoms with Crippen LogP contribution in [0.15, 0.2) is 11.1 Å². The molecule has 0 aromatic carbocycles. The van der Waals surface area contributed by atoms with Gasteiger partial charge in [0.05, 0.1) is 6.20 Å². The fourth-order valence-electron chi connectivity index (χ4n) is 1.20. The van der Waals surface area contributed by atoms with E-state index < -0.39 is 27.6 Å². The predicted molar refractivity (Wildman–Crippen MR) is 53.5 cm³/mol. The van der Waals surface area contributed by atoms with Crippen LogP contribution in [0.5, 0.6) is 0 Å². The molecule has 0 radical (unpaired) electrons. The van der Waals surface area contributed by atoms with Gasteiger partial charge in [-0.25, -0.2) is 8.42 Å². The maximum Gasteiger partial charge on any atom is 0.402 e. The Labute approximate surface area is 95.6 Å². The number of rotatable bonds is 4. The SMILES string of the molecule is CCN(CC(F)(F)F)S(=O)(=O)c1cn[nH]c1N. The number of nitrogens with zero attached hydrogens (tertiary/aromatic N) is 2. The molecule has 1 aromatic rings. The number of halogens is 3. The summed E-state index contributed by atoms with van der Waals surface area (Å²) in [5.74, 6) is -0.286. The van der Waals surface area contributed by atoms with Gasteiger partial charge in [0.2, 0.25) is 10.0 Å². The lowest BCUT2D eigenvalue weighted by molar-refractivity contribution is -0.135. The summed E-state index contributed by atoms with van der Waals surface area (Å²) in [4.78, 5) is -0.455. The highest BCUT2D eigenvalue weighted by Gasteiger charge is 2.37. The van der Waals surface area contributed by atoms with E-state index in [1.165, 1.54) is 6.92 Å². The van der Waals surface area contributed by atoms with E-state index in [2.05, 4.69) is 10.2 Å². The van der Waals surface area contributed by atoms with Crippen LogP contribution in [0.4, 0.5) is 19.0 Å². The molecule has 0 spiro atoms. The second kappa shape index (κ2) is 4.53. The summed E-state index contributed by atoms with van der Waals surface area (Å²) in [6.45, 7) is -0.567. The number of nitrogens with one attached hydrogen (secondary N) is 1. The summed E-state index contributed by atoms with van der Waals surface area (Å²) in [5.41, 5.74) is 5.28. The molecule has 0 fully saturated rings. The molecule has 0 bridgehead atoms. The van der Waals surface area contributed by atoms with Gasteiger partial charge in [-0.3, -0.25) is 5.10 Å². The summed E-state index contributed by atoms with van der Waals surface area (Å²) in [5, 5.41) is 5.52. The lowest BCUT2D eigenvalue weighted by Crippen LogP contribution is -2.38. The van der Waals surface area contributed by atoms with Crippen molar-refractivity contribution < 1.29 is 21.6 Å². The first kappa shape index (κ1) is 13.8. The van der Waals surface area contributed by atoms with Crippen molar-refractivity contribution in [1.82, 2.24) is 14.5 Å². The van der Waals surface area contributed by atoms with Crippen LogP contribution in [0.25, 0.3) is 0 Å².